The van der Waals surface area contributed by atoms with Crippen LogP contribution in [-0.2, 0) is 0 Å². The smallest absolute Gasteiger partial charge is 0.222 e. The lowest BCUT2D eigenvalue weighted by molar-refractivity contribution is 0.281. The zero-order valence-electron chi connectivity index (χ0n) is 18.2. The summed E-state index contributed by atoms with van der Waals surface area (Å²) in [6.45, 7) is 0.475. The van der Waals surface area contributed by atoms with Crippen molar-refractivity contribution in [3.05, 3.63) is 78.9 Å². The molecular weight excluding hydrogens is 375 g/mol. The van der Waals surface area contributed by atoms with Gasteiger partial charge in [0, 0.05) is 48.5 Å². The van der Waals surface area contributed by atoms with E-state index in [0.717, 1.165) is 0 Å². The number of benzene rings is 3. The average molecular weight is 402 g/mol. The molecule has 7 rings (SSSR count). The maximum Gasteiger partial charge on any atom is 0.222 e. The Labute approximate surface area is 184 Å². The van der Waals surface area contributed by atoms with Crippen molar-refractivity contribution in [1.29, 1.82) is 0 Å². The van der Waals surface area contributed by atoms with Gasteiger partial charge in [0.2, 0.25) is 6.71 Å². The van der Waals surface area contributed by atoms with Crippen LogP contribution in [0.1, 0.15) is 12.8 Å². The van der Waals surface area contributed by atoms with Gasteiger partial charge < -0.3 is 9.80 Å². The Hall–Kier alpha value is -2.94. The van der Waals surface area contributed by atoms with E-state index < -0.39 is 0 Å². The Kier molecular flexibility index (Phi) is 3.59. The zero-order chi connectivity index (χ0) is 20.7. The highest BCUT2D eigenvalue weighted by Crippen LogP contribution is 2.50. The van der Waals surface area contributed by atoms with Gasteiger partial charge >= 0.3 is 0 Å². The Balaban J connectivity index is 1.51. The summed E-state index contributed by atoms with van der Waals surface area (Å²) in [7, 11) is 4.60. The van der Waals surface area contributed by atoms with Crippen molar-refractivity contribution in [3.8, 4) is 0 Å². The van der Waals surface area contributed by atoms with E-state index in [2.05, 4.69) is 103 Å². The minimum absolute atomic E-state index is 0.475. The maximum absolute atomic E-state index is 2.63. The molecule has 0 N–H and O–H groups in total. The van der Waals surface area contributed by atoms with Gasteiger partial charge in [0.1, 0.15) is 0 Å². The highest BCUT2D eigenvalue weighted by molar-refractivity contribution is 6.91. The van der Waals surface area contributed by atoms with E-state index in [1.807, 2.05) is 0 Å². The summed E-state index contributed by atoms with van der Waals surface area (Å²) in [6.07, 6.45) is 12.1. The second kappa shape index (κ2) is 6.29. The standard InChI is InChI=1S/C28H27BN2/c1-30-24-12-7-13-25-26(24)29(22-16-14-18-8-3-5-10-20(18)27(22)30)23-17-15-19-9-4-6-11-21(19)28(23)31(25)2/h3-14,16,19,21,23,28H,15,17H2,1-2H3/t19?,21?,23-,28?/m1/s1. The molecule has 2 heterocycles. The average Bonchev–Trinajstić information content (AvgIpc) is 2.82. The Morgan fingerprint density at radius 1 is 0.839 bits per heavy atom. The van der Waals surface area contributed by atoms with Gasteiger partial charge in [-0.1, -0.05) is 73.2 Å². The fraction of sp³-hybridized carbons (Fsp3) is 0.286. The molecule has 4 aliphatic rings. The molecule has 4 atom stereocenters. The lowest BCUT2D eigenvalue weighted by Gasteiger charge is -2.55. The van der Waals surface area contributed by atoms with E-state index >= 15 is 0 Å². The molecule has 3 aromatic rings. The van der Waals surface area contributed by atoms with Crippen molar-refractivity contribution in [1.82, 2.24) is 0 Å². The molecule has 152 valence electrons. The molecule has 2 aliphatic heterocycles. The normalized spacial score (nSPS) is 27.6. The number of anilines is 3. The van der Waals surface area contributed by atoms with Gasteiger partial charge in [0.15, 0.2) is 0 Å². The third-order valence-electron chi connectivity index (χ3n) is 8.55. The van der Waals surface area contributed by atoms with E-state index in [1.165, 1.54) is 46.1 Å². The van der Waals surface area contributed by atoms with E-state index in [4.69, 9.17) is 0 Å². The second-order valence-corrected chi connectivity index (χ2v) is 9.82. The van der Waals surface area contributed by atoms with Crippen LogP contribution in [0.4, 0.5) is 17.1 Å². The first-order valence-electron chi connectivity index (χ1n) is 11.7. The summed E-state index contributed by atoms with van der Waals surface area (Å²) in [5.41, 5.74) is 7.30. The van der Waals surface area contributed by atoms with Gasteiger partial charge in [0.25, 0.3) is 0 Å². The topological polar surface area (TPSA) is 6.48 Å². The van der Waals surface area contributed by atoms with E-state index in [1.54, 1.807) is 5.46 Å². The Bertz CT molecular complexity index is 1280. The van der Waals surface area contributed by atoms with Crippen LogP contribution < -0.4 is 20.7 Å². The fourth-order valence-corrected chi connectivity index (χ4v) is 7.31. The lowest BCUT2D eigenvalue weighted by atomic mass is 9.27. The number of hydrogen-bond acceptors (Lipinski definition) is 2. The molecule has 0 radical (unpaired) electrons. The lowest BCUT2D eigenvalue weighted by Crippen LogP contribution is -2.65. The minimum Gasteiger partial charge on any atom is -0.372 e. The van der Waals surface area contributed by atoms with Crippen molar-refractivity contribution in [2.45, 2.75) is 24.7 Å². The minimum atomic E-state index is 0.475. The van der Waals surface area contributed by atoms with Crippen molar-refractivity contribution in [2.24, 2.45) is 11.8 Å². The number of fused-ring (bicyclic) bond motifs is 8. The quantitative estimate of drug-likeness (QED) is 0.495. The third kappa shape index (κ3) is 2.24. The maximum atomic E-state index is 2.63. The van der Waals surface area contributed by atoms with Gasteiger partial charge in [-0.3, -0.25) is 0 Å². The van der Waals surface area contributed by atoms with Gasteiger partial charge in [-0.25, -0.2) is 0 Å². The summed E-state index contributed by atoms with van der Waals surface area (Å²) in [5, 5.41) is 2.71. The first kappa shape index (κ1) is 17.7. The Morgan fingerprint density at radius 2 is 1.68 bits per heavy atom. The molecule has 1 saturated carbocycles. The first-order chi connectivity index (χ1) is 15.2. The predicted octanol–water partition coefficient (Wildman–Crippen LogP) is 4.87. The van der Waals surface area contributed by atoms with Crippen LogP contribution >= 0.6 is 0 Å². The number of hydrogen-bond donors (Lipinski definition) is 0. The molecule has 2 nitrogen and oxygen atoms in total. The molecule has 0 amide bonds. The third-order valence-corrected chi connectivity index (χ3v) is 8.55. The van der Waals surface area contributed by atoms with Gasteiger partial charge in [-0.2, -0.15) is 0 Å². The summed E-state index contributed by atoms with van der Waals surface area (Å²) in [4.78, 5) is 5.08. The second-order valence-electron chi connectivity index (χ2n) is 9.82. The van der Waals surface area contributed by atoms with Crippen molar-refractivity contribution >= 4 is 45.5 Å². The summed E-state index contributed by atoms with van der Waals surface area (Å²) in [5.74, 6) is 1.93. The predicted molar refractivity (Wildman–Crippen MR) is 134 cm³/mol. The zero-order valence-corrected chi connectivity index (χ0v) is 18.2. The van der Waals surface area contributed by atoms with Crippen molar-refractivity contribution < 1.29 is 0 Å². The van der Waals surface area contributed by atoms with Crippen LogP contribution in [0.25, 0.3) is 10.8 Å². The summed E-state index contributed by atoms with van der Waals surface area (Å²) < 4.78 is 0. The highest BCUT2D eigenvalue weighted by atomic mass is 15.2. The molecule has 0 bridgehead atoms. The number of rotatable bonds is 0. The molecule has 3 heteroatoms. The van der Waals surface area contributed by atoms with Crippen LogP contribution in [-0.4, -0.2) is 26.8 Å². The monoisotopic (exact) mass is 402 g/mol. The first-order valence-corrected chi connectivity index (χ1v) is 11.7. The van der Waals surface area contributed by atoms with E-state index in [-0.39, 0.29) is 0 Å². The Morgan fingerprint density at radius 3 is 2.61 bits per heavy atom. The molecule has 2 aliphatic carbocycles. The molecule has 1 fully saturated rings. The number of allylic oxidation sites excluding steroid dienone is 3. The molecule has 0 spiro atoms. The summed E-state index contributed by atoms with van der Waals surface area (Å²) >= 11 is 0. The SMILES string of the molecule is CN1c2cccc3c2B(c2ccc4ccccc4c21)[C@@H]1CCC2C=CC=CC2C1N3C. The van der Waals surface area contributed by atoms with Crippen LogP contribution in [0.5, 0.6) is 0 Å². The van der Waals surface area contributed by atoms with Crippen LogP contribution in [0.3, 0.4) is 0 Å². The van der Waals surface area contributed by atoms with Gasteiger partial charge in [-0.05, 0) is 46.6 Å². The fourth-order valence-electron chi connectivity index (χ4n) is 7.31. The van der Waals surface area contributed by atoms with E-state index in [9.17, 15) is 0 Å². The molecule has 3 aromatic carbocycles. The largest absolute Gasteiger partial charge is 0.372 e. The van der Waals surface area contributed by atoms with Crippen LogP contribution in [0.2, 0.25) is 5.82 Å². The van der Waals surface area contributed by atoms with Gasteiger partial charge in [0.05, 0.1) is 0 Å². The van der Waals surface area contributed by atoms with Crippen LogP contribution in [0.15, 0.2) is 78.9 Å². The molecule has 3 unspecified atom stereocenters. The van der Waals surface area contributed by atoms with Crippen LogP contribution in [0, 0.1) is 11.8 Å². The molecule has 31 heavy (non-hydrogen) atoms. The number of nitrogens with zero attached hydrogens (tertiary/aromatic N) is 2. The molecular formula is C28H27BN2. The van der Waals surface area contributed by atoms with E-state index in [0.29, 0.717) is 30.4 Å². The van der Waals surface area contributed by atoms with Crippen molar-refractivity contribution in [3.63, 3.8) is 0 Å². The molecule has 0 saturated heterocycles. The van der Waals surface area contributed by atoms with Gasteiger partial charge in [-0.15, -0.1) is 0 Å². The molecule has 0 aromatic heterocycles. The van der Waals surface area contributed by atoms with Crippen molar-refractivity contribution in [2.75, 3.05) is 23.9 Å². The highest BCUT2D eigenvalue weighted by Gasteiger charge is 2.52. The summed E-state index contributed by atoms with van der Waals surface area (Å²) in [6, 6.07) is 21.2.